The molecule has 3 heterocycles. The number of alkyl carbamates (subject to hydrolysis) is 1. The Hall–Kier alpha value is -3.31. The average molecular weight is 426 g/mol. The normalized spacial score (nSPS) is 25.3. The van der Waals surface area contributed by atoms with E-state index in [0.29, 0.717) is 0 Å². The lowest BCUT2D eigenvalue weighted by molar-refractivity contribution is 0.132. The van der Waals surface area contributed by atoms with Crippen molar-refractivity contribution in [3.63, 3.8) is 0 Å². The van der Waals surface area contributed by atoms with Crippen molar-refractivity contribution in [2.24, 2.45) is 0 Å². The van der Waals surface area contributed by atoms with Gasteiger partial charge in [-0.2, -0.15) is 0 Å². The predicted octanol–water partition coefficient (Wildman–Crippen LogP) is 1.29. The van der Waals surface area contributed by atoms with Crippen molar-refractivity contribution in [3.8, 4) is 0 Å². The molecule has 0 aromatic heterocycles. The third-order valence-electron chi connectivity index (χ3n) is 5.44. The van der Waals surface area contributed by atoms with Crippen LogP contribution in [0.15, 0.2) is 12.1 Å². The minimum absolute atomic E-state index is 0.000748. The number of hydrogen-bond donors (Lipinski definition) is 1. The van der Waals surface area contributed by atoms with Crippen LogP contribution in [0.1, 0.15) is 0 Å². The zero-order chi connectivity index (χ0) is 21.6. The minimum Gasteiger partial charge on any atom is -0.453 e. The molecule has 3 aliphatic rings. The van der Waals surface area contributed by atoms with Gasteiger partial charge >= 0.3 is 18.3 Å². The van der Waals surface area contributed by atoms with Crippen molar-refractivity contribution in [1.82, 2.24) is 10.2 Å². The van der Waals surface area contributed by atoms with E-state index in [9.17, 15) is 23.2 Å². The van der Waals surface area contributed by atoms with E-state index in [1.807, 2.05) is 0 Å². The molecule has 4 rings (SSSR count). The van der Waals surface area contributed by atoms with E-state index in [1.54, 1.807) is 7.05 Å². The molecule has 1 aromatic carbocycles. The molecule has 162 valence electrons. The maximum atomic E-state index is 14.8. The molecule has 0 saturated carbocycles. The summed E-state index contributed by atoms with van der Waals surface area (Å²) < 4.78 is 44.4. The van der Waals surface area contributed by atoms with Crippen molar-refractivity contribution in [1.29, 1.82) is 0 Å². The largest absolute Gasteiger partial charge is 0.453 e. The van der Waals surface area contributed by atoms with Crippen LogP contribution in [-0.4, -0.2) is 81.8 Å². The van der Waals surface area contributed by atoms with Crippen molar-refractivity contribution in [3.05, 3.63) is 23.8 Å². The number of nitrogens with one attached hydrogen (secondary N) is 1. The van der Waals surface area contributed by atoms with Crippen molar-refractivity contribution < 1.29 is 37.4 Å². The second kappa shape index (κ2) is 7.50. The second-order valence-corrected chi connectivity index (χ2v) is 7.25. The van der Waals surface area contributed by atoms with Crippen LogP contribution in [0.3, 0.4) is 0 Å². The molecule has 0 bridgehead atoms. The number of cyclic esters (lactones) is 1. The van der Waals surface area contributed by atoms with Crippen LogP contribution >= 0.6 is 0 Å². The summed E-state index contributed by atoms with van der Waals surface area (Å²) in [6.07, 6.45) is -3.06. The summed E-state index contributed by atoms with van der Waals surface area (Å²) in [6, 6.07) is 1.83. The molecule has 3 saturated heterocycles. The first-order chi connectivity index (χ1) is 14.3. The molecule has 0 radical (unpaired) electrons. The molecule has 0 spiro atoms. The van der Waals surface area contributed by atoms with E-state index >= 15 is 0 Å². The Labute approximate surface area is 170 Å². The number of anilines is 2. The Morgan fingerprint density at radius 1 is 1.17 bits per heavy atom. The maximum absolute atomic E-state index is 14.8. The Balaban J connectivity index is 1.48. The maximum Gasteiger partial charge on any atom is 0.414 e. The summed E-state index contributed by atoms with van der Waals surface area (Å²) in [7, 11) is 2.78. The Morgan fingerprint density at radius 2 is 1.87 bits per heavy atom. The minimum atomic E-state index is -0.845. The second-order valence-electron chi connectivity index (χ2n) is 7.25. The smallest absolute Gasteiger partial charge is 0.414 e. The Bertz CT molecular complexity index is 876. The fourth-order valence-electron chi connectivity index (χ4n) is 3.89. The Kier molecular flexibility index (Phi) is 5.00. The van der Waals surface area contributed by atoms with E-state index < -0.39 is 42.1 Å². The highest BCUT2D eigenvalue weighted by atomic mass is 19.1. The first-order valence-electron chi connectivity index (χ1n) is 9.26. The number of methoxy groups -OCH3 is 1. The molecule has 1 aromatic rings. The van der Waals surface area contributed by atoms with Crippen molar-refractivity contribution >= 4 is 29.7 Å². The first kappa shape index (κ1) is 20.0. The molecule has 3 aliphatic heterocycles. The van der Waals surface area contributed by atoms with Gasteiger partial charge in [0, 0.05) is 25.7 Å². The lowest BCUT2D eigenvalue weighted by Crippen LogP contribution is -2.35. The summed E-state index contributed by atoms with van der Waals surface area (Å²) in [5, 5.41) is 2.40. The molecule has 1 N–H and O–H groups in total. The van der Waals surface area contributed by atoms with Crippen LogP contribution < -0.4 is 15.1 Å². The fourth-order valence-corrected chi connectivity index (χ4v) is 3.89. The number of amides is 3. The number of rotatable bonds is 4. The van der Waals surface area contributed by atoms with Gasteiger partial charge in [-0.3, -0.25) is 4.90 Å². The van der Waals surface area contributed by atoms with Crippen LogP contribution in [0.25, 0.3) is 0 Å². The summed E-state index contributed by atoms with van der Waals surface area (Å²) >= 11 is 0. The number of hydrogen-bond acceptors (Lipinski definition) is 7. The van der Waals surface area contributed by atoms with Crippen LogP contribution in [0.5, 0.6) is 0 Å². The molecule has 3 unspecified atom stereocenters. The lowest BCUT2D eigenvalue weighted by Gasteiger charge is -2.23. The van der Waals surface area contributed by atoms with E-state index in [1.165, 1.54) is 16.9 Å². The van der Waals surface area contributed by atoms with Gasteiger partial charge in [0.25, 0.3) is 0 Å². The highest BCUT2D eigenvalue weighted by Crippen LogP contribution is 2.35. The van der Waals surface area contributed by atoms with Gasteiger partial charge in [0.1, 0.15) is 17.9 Å². The first-order valence-corrected chi connectivity index (χ1v) is 9.26. The number of benzene rings is 1. The van der Waals surface area contributed by atoms with Gasteiger partial charge in [0.15, 0.2) is 11.6 Å². The third kappa shape index (κ3) is 3.42. The van der Waals surface area contributed by atoms with Gasteiger partial charge in [0.2, 0.25) is 0 Å². The zero-order valence-corrected chi connectivity index (χ0v) is 16.3. The number of carbonyl (C=O) groups excluding carboxylic acids is 3. The van der Waals surface area contributed by atoms with Crippen LogP contribution in [0.4, 0.5) is 34.5 Å². The van der Waals surface area contributed by atoms with E-state index in [-0.39, 0.29) is 43.6 Å². The molecule has 3 atom stereocenters. The SMILES string of the molecule is COC(=O)NCC1CN(c2cc(F)c(N3CC4OC(=O)N(C)C4C3)c(F)c2)C(=O)O1. The predicted molar refractivity (Wildman–Crippen MR) is 98.4 cm³/mol. The fraction of sp³-hybridized carbons (Fsp3) is 0.500. The van der Waals surface area contributed by atoms with Crippen LogP contribution in [-0.2, 0) is 14.2 Å². The number of likely N-dealkylation sites (N-methyl/N-ethyl adjacent to an activating group) is 1. The van der Waals surface area contributed by atoms with Gasteiger partial charge in [-0.15, -0.1) is 0 Å². The number of ether oxygens (including phenoxy) is 3. The summed E-state index contributed by atoms with van der Waals surface area (Å²) in [6.45, 7) is 0.407. The molecular formula is C18H20F2N4O6. The topological polar surface area (TPSA) is 101 Å². The number of carbonyl (C=O) groups is 3. The van der Waals surface area contributed by atoms with Gasteiger partial charge in [-0.25, -0.2) is 23.2 Å². The molecule has 30 heavy (non-hydrogen) atoms. The van der Waals surface area contributed by atoms with E-state index in [4.69, 9.17) is 9.47 Å². The van der Waals surface area contributed by atoms with Crippen molar-refractivity contribution in [2.45, 2.75) is 18.2 Å². The summed E-state index contributed by atoms with van der Waals surface area (Å²) in [4.78, 5) is 38.8. The average Bonchev–Trinajstić information content (AvgIpc) is 3.34. The molecule has 3 fully saturated rings. The number of halogens is 2. The molecule has 3 amide bonds. The highest BCUT2D eigenvalue weighted by Gasteiger charge is 2.47. The molecular weight excluding hydrogens is 406 g/mol. The quantitative estimate of drug-likeness (QED) is 0.724. The molecule has 0 aliphatic carbocycles. The number of nitrogens with zero attached hydrogens (tertiary/aromatic N) is 3. The van der Waals surface area contributed by atoms with Gasteiger partial charge in [0.05, 0.1) is 38.5 Å². The monoisotopic (exact) mass is 426 g/mol. The van der Waals surface area contributed by atoms with E-state index in [2.05, 4.69) is 10.1 Å². The number of fused-ring (bicyclic) bond motifs is 1. The Morgan fingerprint density at radius 3 is 2.50 bits per heavy atom. The summed E-state index contributed by atoms with van der Waals surface area (Å²) in [5.74, 6) is -1.69. The van der Waals surface area contributed by atoms with Crippen LogP contribution in [0, 0.1) is 11.6 Å². The van der Waals surface area contributed by atoms with Gasteiger partial charge < -0.3 is 29.3 Å². The highest BCUT2D eigenvalue weighted by molar-refractivity contribution is 5.90. The lowest BCUT2D eigenvalue weighted by atomic mass is 10.2. The standard InChI is InChI=1S/C18H20F2N4O6/c1-22-13-7-23(8-14(13)30-17(22)26)15-11(19)3-9(4-12(15)20)24-6-10(29-18(24)27)5-21-16(25)28-2/h3-4,10,13-14H,5-8H2,1-2H3,(H,21,25). The zero-order valence-electron chi connectivity index (χ0n) is 16.3. The van der Waals surface area contributed by atoms with E-state index in [0.717, 1.165) is 17.0 Å². The van der Waals surface area contributed by atoms with Gasteiger partial charge in [-0.05, 0) is 0 Å². The molecule has 10 nitrogen and oxygen atoms in total. The molecule has 12 heteroatoms. The van der Waals surface area contributed by atoms with Gasteiger partial charge in [-0.1, -0.05) is 0 Å². The van der Waals surface area contributed by atoms with Crippen molar-refractivity contribution in [2.75, 3.05) is 50.1 Å². The van der Waals surface area contributed by atoms with Crippen LogP contribution in [0.2, 0.25) is 0 Å². The summed E-state index contributed by atoms with van der Waals surface area (Å²) in [5.41, 5.74) is -0.240. The third-order valence-corrected chi connectivity index (χ3v) is 5.44.